The molecule has 0 N–H and O–H groups in total. The lowest BCUT2D eigenvalue weighted by Crippen LogP contribution is -2.20. The van der Waals surface area contributed by atoms with Gasteiger partial charge in [0.1, 0.15) is 11.6 Å². The molecule has 0 saturated heterocycles. The Morgan fingerprint density at radius 3 is 1.53 bits per heavy atom. The lowest BCUT2D eigenvalue weighted by molar-refractivity contribution is 0.357. The van der Waals surface area contributed by atoms with E-state index in [1.807, 2.05) is 12.1 Å². The molecule has 100 valence electrons. The van der Waals surface area contributed by atoms with Crippen molar-refractivity contribution >= 4 is 0 Å². The van der Waals surface area contributed by atoms with E-state index >= 15 is 0 Å². The molecule has 0 aromatic heterocycles. The molecule has 2 aromatic rings. The Bertz CT molecular complexity index is 522. The summed E-state index contributed by atoms with van der Waals surface area (Å²) in [5.74, 6) is -0.565. The molecular weight excluding hydrogens is 242 g/mol. The summed E-state index contributed by atoms with van der Waals surface area (Å²) in [7, 11) is 0. The van der Waals surface area contributed by atoms with Crippen molar-refractivity contribution in [2.75, 3.05) is 0 Å². The van der Waals surface area contributed by atoms with Crippen molar-refractivity contribution < 1.29 is 8.78 Å². The van der Waals surface area contributed by atoms with E-state index < -0.39 is 0 Å². The lowest BCUT2D eigenvalue weighted by Gasteiger charge is -2.31. The number of rotatable bonds is 2. The quantitative estimate of drug-likeness (QED) is 0.701. The van der Waals surface area contributed by atoms with Crippen molar-refractivity contribution in [2.24, 2.45) is 5.41 Å². The largest absolute Gasteiger partial charge is 0.207 e. The second-order valence-corrected chi connectivity index (χ2v) is 5.91. The molecular formula is C17H18F2. The van der Waals surface area contributed by atoms with Gasteiger partial charge in [-0.3, -0.25) is 0 Å². The van der Waals surface area contributed by atoms with Crippen molar-refractivity contribution in [3.05, 3.63) is 71.3 Å². The molecule has 0 unspecified atom stereocenters. The second-order valence-electron chi connectivity index (χ2n) is 5.91. The number of hydrogen-bond donors (Lipinski definition) is 0. The highest BCUT2D eigenvalue weighted by atomic mass is 19.1. The van der Waals surface area contributed by atoms with Crippen LogP contribution < -0.4 is 0 Å². The number of hydrogen-bond acceptors (Lipinski definition) is 0. The molecule has 0 aliphatic carbocycles. The monoisotopic (exact) mass is 260 g/mol. The molecule has 0 atom stereocenters. The summed E-state index contributed by atoms with van der Waals surface area (Å²) in [5.41, 5.74) is 1.62. The first-order valence-electron chi connectivity index (χ1n) is 6.39. The molecule has 0 heterocycles. The van der Waals surface area contributed by atoms with Crippen LogP contribution in [0.4, 0.5) is 8.78 Å². The van der Waals surface area contributed by atoms with E-state index in [9.17, 15) is 8.78 Å². The summed E-state index contributed by atoms with van der Waals surface area (Å²) in [5, 5.41) is 0. The van der Waals surface area contributed by atoms with Gasteiger partial charge >= 0.3 is 0 Å². The van der Waals surface area contributed by atoms with Gasteiger partial charge in [-0.2, -0.15) is 0 Å². The van der Waals surface area contributed by atoms with Crippen LogP contribution in [0.5, 0.6) is 0 Å². The Labute approximate surface area is 113 Å². The summed E-state index contributed by atoms with van der Waals surface area (Å²) in [6.07, 6.45) is 0. The first kappa shape index (κ1) is 13.7. The smallest absolute Gasteiger partial charge is 0.123 e. The topological polar surface area (TPSA) is 0 Å². The van der Waals surface area contributed by atoms with Gasteiger partial charge in [0, 0.05) is 5.92 Å². The van der Waals surface area contributed by atoms with E-state index in [1.54, 1.807) is 12.1 Å². The van der Waals surface area contributed by atoms with Gasteiger partial charge in [0.25, 0.3) is 0 Å². The van der Waals surface area contributed by atoms with Crippen LogP contribution in [0.1, 0.15) is 37.8 Å². The minimum absolute atomic E-state index is 0.0427. The molecule has 0 radical (unpaired) electrons. The summed E-state index contributed by atoms with van der Waals surface area (Å²) >= 11 is 0. The molecule has 0 bridgehead atoms. The zero-order valence-corrected chi connectivity index (χ0v) is 11.5. The van der Waals surface area contributed by atoms with E-state index in [-0.39, 0.29) is 23.0 Å². The highest BCUT2D eigenvalue weighted by Gasteiger charge is 2.28. The summed E-state index contributed by atoms with van der Waals surface area (Å²) in [6.45, 7) is 6.23. The van der Waals surface area contributed by atoms with E-state index in [0.29, 0.717) is 0 Å². The van der Waals surface area contributed by atoms with Gasteiger partial charge in [-0.15, -0.1) is 0 Å². The molecule has 2 heteroatoms. The van der Waals surface area contributed by atoms with Crippen molar-refractivity contribution in [3.8, 4) is 0 Å². The molecule has 19 heavy (non-hydrogen) atoms. The van der Waals surface area contributed by atoms with Crippen molar-refractivity contribution in [1.29, 1.82) is 0 Å². The standard InChI is InChI=1S/C17H18F2/c1-17(2,3)16(12-6-4-8-14(18)10-12)13-7-5-9-15(19)11-13/h4-11,16H,1-3H3. The molecule has 0 nitrogen and oxygen atoms in total. The van der Waals surface area contributed by atoms with Crippen LogP contribution in [0.2, 0.25) is 0 Å². The predicted octanol–water partition coefficient (Wildman–Crippen LogP) is 5.14. The molecule has 0 amide bonds. The van der Waals surface area contributed by atoms with Crippen molar-refractivity contribution in [2.45, 2.75) is 26.7 Å². The van der Waals surface area contributed by atoms with E-state index in [1.165, 1.54) is 24.3 Å². The van der Waals surface area contributed by atoms with Gasteiger partial charge in [0.05, 0.1) is 0 Å². The first-order chi connectivity index (χ1) is 8.88. The average Bonchev–Trinajstić information content (AvgIpc) is 2.27. The van der Waals surface area contributed by atoms with Crippen LogP contribution in [-0.2, 0) is 0 Å². The van der Waals surface area contributed by atoms with Crippen LogP contribution >= 0.6 is 0 Å². The highest BCUT2D eigenvalue weighted by Crippen LogP contribution is 2.40. The Hall–Kier alpha value is -1.70. The number of halogens is 2. The van der Waals surface area contributed by atoms with E-state index in [4.69, 9.17) is 0 Å². The normalized spacial score (nSPS) is 11.9. The maximum Gasteiger partial charge on any atom is 0.123 e. The van der Waals surface area contributed by atoms with Gasteiger partial charge in [0.2, 0.25) is 0 Å². The highest BCUT2D eigenvalue weighted by molar-refractivity contribution is 5.35. The third-order valence-corrected chi connectivity index (χ3v) is 3.23. The van der Waals surface area contributed by atoms with Crippen molar-refractivity contribution in [3.63, 3.8) is 0 Å². The summed E-state index contributed by atoms with van der Waals surface area (Å²) in [4.78, 5) is 0. The fourth-order valence-electron chi connectivity index (χ4n) is 2.56. The van der Waals surface area contributed by atoms with Gasteiger partial charge in [-0.05, 0) is 40.8 Å². The fourth-order valence-corrected chi connectivity index (χ4v) is 2.56. The van der Waals surface area contributed by atoms with Gasteiger partial charge in [0.15, 0.2) is 0 Å². The Kier molecular flexibility index (Phi) is 3.70. The van der Waals surface area contributed by atoms with Gasteiger partial charge < -0.3 is 0 Å². The van der Waals surface area contributed by atoms with E-state index in [0.717, 1.165) is 11.1 Å². The molecule has 2 aromatic carbocycles. The lowest BCUT2D eigenvalue weighted by atomic mass is 9.72. The van der Waals surface area contributed by atoms with Gasteiger partial charge in [-0.1, -0.05) is 45.0 Å². The Morgan fingerprint density at radius 2 is 1.21 bits per heavy atom. The predicted molar refractivity (Wildman–Crippen MR) is 74.1 cm³/mol. The average molecular weight is 260 g/mol. The zero-order chi connectivity index (χ0) is 14.0. The number of benzene rings is 2. The molecule has 0 aliphatic rings. The van der Waals surface area contributed by atoms with Crippen LogP contribution in [0, 0.1) is 17.0 Å². The summed E-state index contributed by atoms with van der Waals surface area (Å²) in [6, 6.07) is 13.1. The molecule has 0 spiro atoms. The molecule has 0 fully saturated rings. The Balaban J connectivity index is 2.54. The van der Waals surface area contributed by atoms with Crippen LogP contribution in [0.25, 0.3) is 0 Å². The fraction of sp³-hybridized carbons (Fsp3) is 0.294. The first-order valence-corrected chi connectivity index (χ1v) is 6.39. The maximum atomic E-state index is 13.4. The van der Waals surface area contributed by atoms with Crippen molar-refractivity contribution in [1.82, 2.24) is 0 Å². The van der Waals surface area contributed by atoms with Crippen LogP contribution in [0.3, 0.4) is 0 Å². The third kappa shape index (κ3) is 3.19. The van der Waals surface area contributed by atoms with Crippen LogP contribution in [0.15, 0.2) is 48.5 Å². The van der Waals surface area contributed by atoms with Crippen LogP contribution in [-0.4, -0.2) is 0 Å². The molecule has 2 rings (SSSR count). The Morgan fingerprint density at radius 1 is 0.789 bits per heavy atom. The summed E-state index contributed by atoms with van der Waals surface area (Å²) < 4.78 is 26.9. The van der Waals surface area contributed by atoms with E-state index in [2.05, 4.69) is 20.8 Å². The second kappa shape index (κ2) is 5.12. The SMILES string of the molecule is CC(C)(C)C(c1cccc(F)c1)c1cccc(F)c1. The minimum atomic E-state index is -0.261. The molecule has 0 aliphatic heterocycles. The molecule has 0 saturated carbocycles. The zero-order valence-electron chi connectivity index (χ0n) is 11.5. The maximum absolute atomic E-state index is 13.4. The minimum Gasteiger partial charge on any atom is -0.207 e. The third-order valence-electron chi connectivity index (χ3n) is 3.23. The van der Waals surface area contributed by atoms with Gasteiger partial charge in [-0.25, -0.2) is 8.78 Å².